The van der Waals surface area contributed by atoms with Gasteiger partial charge in [0.2, 0.25) is 0 Å². The number of nitrogens with zero attached hydrogens (tertiary/aromatic N) is 1. The van der Waals surface area contributed by atoms with Gasteiger partial charge >= 0.3 is 0 Å². The Morgan fingerprint density at radius 3 is 1.73 bits per heavy atom. The standard InChI is InChI=1S/C12H23NO2/c1-9-14-12(15-9)7-10(2,3)13(6)11(4,5)8-12/h9H,7-8H2,1-6H3. The van der Waals surface area contributed by atoms with Gasteiger partial charge in [-0.3, -0.25) is 4.90 Å². The first kappa shape index (κ1) is 11.4. The molecule has 0 unspecified atom stereocenters. The number of rotatable bonds is 0. The lowest BCUT2D eigenvalue weighted by molar-refractivity contribution is -0.467. The number of piperidine rings is 1. The Labute approximate surface area is 92.7 Å². The fourth-order valence-electron chi connectivity index (χ4n) is 3.22. The molecule has 1 spiro atoms. The summed E-state index contributed by atoms with van der Waals surface area (Å²) in [7, 11) is 2.19. The molecule has 0 atom stereocenters. The minimum atomic E-state index is -0.321. The highest BCUT2D eigenvalue weighted by molar-refractivity contribution is 5.04. The molecule has 3 heteroatoms. The van der Waals surface area contributed by atoms with Gasteiger partial charge in [-0.25, -0.2) is 0 Å². The van der Waals surface area contributed by atoms with E-state index in [1.165, 1.54) is 0 Å². The molecule has 2 aliphatic heterocycles. The van der Waals surface area contributed by atoms with Crippen LogP contribution in [0, 0.1) is 0 Å². The highest BCUT2D eigenvalue weighted by Crippen LogP contribution is 2.49. The molecule has 2 fully saturated rings. The molecule has 0 aliphatic carbocycles. The molecule has 15 heavy (non-hydrogen) atoms. The van der Waals surface area contributed by atoms with Crippen LogP contribution < -0.4 is 0 Å². The van der Waals surface area contributed by atoms with Gasteiger partial charge in [0.25, 0.3) is 0 Å². The number of likely N-dealkylation sites (tertiary alicyclic amines) is 1. The smallest absolute Gasteiger partial charge is 0.178 e. The zero-order valence-electron chi connectivity index (χ0n) is 10.8. The molecule has 0 saturated carbocycles. The van der Waals surface area contributed by atoms with E-state index in [1.807, 2.05) is 6.92 Å². The van der Waals surface area contributed by atoms with Crippen LogP contribution in [0.25, 0.3) is 0 Å². The summed E-state index contributed by atoms with van der Waals surface area (Å²) >= 11 is 0. The van der Waals surface area contributed by atoms with E-state index in [9.17, 15) is 0 Å². The Kier molecular flexibility index (Phi) is 2.25. The lowest BCUT2D eigenvalue weighted by atomic mass is 9.76. The molecule has 88 valence electrons. The molecule has 0 amide bonds. The van der Waals surface area contributed by atoms with Gasteiger partial charge in [-0.1, -0.05) is 0 Å². The summed E-state index contributed by atoms with van der Waals surface area (Å²) in [5, 5.41) is 0. The van der Waals surface area contributed by atoms with E-state index in [0.717, 1.165) is 12.8 Å². The highest BCUT2D eigenvalue weighted by atomic mass is 16.9. The van der Waals surface area contributed by atoms with Crippen molar-refractivity contribution in [2.75, 3.05) is 7.05 Å². The third kappa shape index (κ3) is 1.71. The van der Waals surface area contributed by atoms with E-state index in [1.54, 1.807) is 0 Å². The summed E-state index contributed by atoms with van der Waals surface area (Å²) in [6, 6.07) is 0. The minimum absolute atomic E-state index is 0.0278. The zero-order valence-corrected chi connectivity index (χ0v) is 10.8. The van der Waals surface area contributed by atoms with Crippen molar-refractivity contribution in [1.82, 2.24) is 4.90 Å². The SMILES string of the molecule is CC1OC2(CC(C)(C)N(C)C(C)(C)C2)O1. The fourth-order valence-corrected chi connectivity index (χ4v) is 3.22. The zero-order chi connectivity index (χ0) is 11.5. The Balaban J connectivity index is 2.21. The Hall–Kier alpha value is -0.120. The molecule has 0 aromatic rings. The highest BCUT2D eigenvalue weighted by Gasteiger charge is 2.57. The van der Waals surface area contributed by atoms with Crippen LogP contribution in [-0.4, -0.2) is 35.1 Å². The normalized spacial score (nSPS) is 34.0. The third-order valence-electron chi connectivity index (χ3n) is 3.98. The molecule has 3 nitrogen and oxygen atoms in total. The molecule has 2 rings (SSSR count). The van der Waals surface area contributed by atoms with Crippen LogP contribution in [0.15, 0.2) is 0 Å². The van der Waals surface area contributed by atoms with E-state index >= 15 is 0 Å². The predicted molar refractivity (Wildman–Crippen MR) is 59.5 cm³/mol. The van der Waals surface area contributed by atoms with Gasteiger partial charge in [0.05, 0.1) is 0 Å². The lowest BCUT2D eigenvalue weighted by Crippen LogP contribution is -2.69. The first-order valence-electron chi connectivity index (χ1n) is 5.77. The van der Waals surface area contributed by atoms with Crippen molar-refractivity contribution in [1.29, 1.82) is 0 Å². The van der Waals surface area contributed by atoms with Gasteiger partial charge in [-0.2, -0.15) is 0 Å². The summed E-state index contributed by atoms with van der Waals surface area (Å²) in [6.07, 6.45) is 1.87. The molecular formula is C12H23NO2. The second-order valence-electron chi connectivity index (χ2n) is 6.25. The van der Waals surface area contributed by atoms with Crippen molar-refractivity contribution in [3.05, 3.63) is 0 Å². The van der Waals surface area contributed by atoms with Gasteiger partial charge in [-0.05, 0) is 41.7 Å². The number of ether oxygens (including phenoxy) is 2. The van der Waals surface area contributed by atoms with Crippen molar-refractivity contribution in [2.24, 2.45) is 0 Å². The van der Waals surface area contributed by atoms with E-state index in [4.69, 9.17) is 9.47 Å². The average molecular weight is 213 g/mol. The largest absolute Gasteiger partial charge is 0.321 e. The van der Waals surface area contributed by atoms with Crippen molar-refractivity contribution in [3.63, 3.8) is 0 Å². The predicted octanol–water partition coefficient (Wildman–Crippen LogP) is 2.36. The van der Waals surface area contributed by atoms with Crippen molar-refractivity contribution >= 4 is 0 Å². The molecule has 2 aliphatic rings. The van der Waals surface area contributed by atoms with Crippen LogP contribution in [0.2, 0.25) is 0 Å². The summed E-state index contributed by atoms with van der Waals surface area (Å²) in [6.45, 7) is 11.0. The molecule has 0 N–H and O–H groups in total. The van der Waals surface area contributed by atoms with Gasteiger partial charge < -0.3 is 9.47 Å². The maximum absolute atomic E-state index is 5.84. The minimum Gasteiger partial charge on any atom is -0.321 e. The average Bonchev–Trinajstić information content (AvgIpc) is 1.96. The monoisotopic (exact) mass is 213 g/mol. The van der Waals surface area contributed by atoms with E-state index < -0.39 is 0 Å². The van der Waals surface area contributed by atoms with Gasteiger partial charge in [0.1, 0.15) is 0 Å². The first-order valence-corrected chi connectivity index (χ1v) is 5.77. The van der Waals surface area contributed by atoms with Crippen LogP contribution in [0.4, 0.5) is 0 Å². The maximum Gasteiger partial charge on any atom is 0.178 e. The maximum atomic E-state index is 5.84. The van der Waals surface area contributed by atoms with E-state index in [-0.39, 0.29) is 23.2 Å². The molecule has 2 heterocycles. The topological polar surface area (TPSA) is 21.7 Å². The van der Waals surface area contributed by atoms with Gasteiger partial charge in [0.15, 0.2) is 12.1 Å². The van der Waals surface area contributed by atoms with E-state index in [2.05, 4.69) is 39.6 Å². The molecular weight excluding hydrogens is 190 g/mol. The third-order valence-corrected chi connectivity index (χ3v) is 3.98. The molecule has 0 bridgehead atoms. The number of hydrogen-bond acceptors (Lipinski definition) is 3. The molecule has 0 radical (unpaired) electrons. The summed E-state index contributed by atoms with van der Waals surface area (Å²) in [4.78, 5) is 2.43. The fraction of sp³-hybridized carbons (Fsp3) is 1.00. The molecule has 2 saturated heterocycles. The van der Waals surface area contributed by atoms with Crippen LogP contribution in [0.5, 0.6) is 0 Å². The van der Waals surface area contributed by atoms with Crippen molar-refractivity contribution < 1.29 is 9.47 Å². The summed E-state index contributed by atoms with van der Waals surface area (Å²) in [5.41, 5.74) is 0.254. The summed E-state index contributed by atoms with van der Waals surface area (Å²) < 4.78 is 11.7. The van der Waals surface area contributed by atoms with Gasteiger partial charge in [0, 0.05) is 23.9 Å². The van der Waals surface area contributed by atoms with Crippen LogP contribution in [0.1, 0.15) is 47.5 Å². The Morgan fingerprint density at radius 1 is 1.00 bits per heavy atom. The van der Waals surface area contributed by atoms with Gasteiger partial charge in [-0.15, -0.1) is 0 Å². The summed E-state index contributed by atoms with van der Waals surface area (Å²) in [5.74, 6) is -0.321. The van der Waals surface area contributed by atoms with Crippen molar-refractivity contribution in [2.45, 2.75) is 70.6 Å². The second-order valence-corrected chi connectivity index (χ2v) is 6.25. The first-order chi connectivity index (χ1) is 6.67. The van der Waals surface area contributed by atoms with Crippen LogP contribution in [-0.2, 0) is 9.47 Å². The van der Waals surface area contributed by atoms with Crippen LogP contribution >= 0.6 is 0 Å². The Bertz CT molecular complexity index is 247. The molecule has 0 aromatic heterocycles. The number of hydrogen-bond donors (Lipinski definition) is 0. The molecule has 0 aromatic carbocycles. The Morgan fingerprint density at radius 2 is 1.40 bits per heavy atom. The van der Waals surface area contributed by atoms with E-state index in [0.29, 0.717) is 0 Å². The van der Waals surface area contributed by atoms with Crippen LogP contribution in [0.3, 0.4) is 0 Å². The lowest BCUT2D eigenvalue weighted by Gasteiger charge is -2.61. The van der Waals surface area contributed by atoms with Crippen molar-refractivity contribution in [3.8, 4) is 0 Å². The second kappa shape index (κ2) is 2.96. The quantitative estimate of drug-likeness (QED) is 0.616.